The number of likely N-dealkylation sites (tertiary alicyclic amines) is 1. The number of aliphatic hydroxyl groups is 1. The third kappa shape index (κ3) is 4.49. The lowest BCUT2D eigenvalue weighted by Gasteiger charge is -2.38. The molecule has 3 atom stereocenters. The fraction of sp³-hybridized carbons (Fsp3) is 0.500. The van der Waals surface area contributed by atoms with E-state index >= 15 is 0 Å². The zero-order valence-electron chi connectivity index (χ0n) is 20.7. The van der Waals surface area contributed by atoms with Gasteiger partial charge in [-0.15, -0.1) is 0 Å². The van der Waals surface area contributed by atoms with Crippen molar-refractivity contribution >= 4 is 22.6 Å². The van der Waals surface area contributed by atoms with Gasteiger partial charge in [0.1, 0.15) is 5.82 Å². The Balaban J connectivity index is 1.22. The third-order valence-electron chi connectivity index (χ3n) is 7.52. The number of imidazole rings is 1. The number of nitrogens with zero attached hydrogens (tertiary/aromatic N) is 3. The van der Waals surface area contributed by atoms with Crippen molar-refractivity contribution in [2.75, 3.05) is 25.0 Å². The molecule has 3 aromatic rings. The SMILES string of the molecule is Cc1ccc2c(c1)nc(C)n2[C@@H]1CCN(C[C@H]2Cc3ccc(NC(=O)C(C)C)cc3C2)C[C@H]1O. The van der Waals surface area contributed by atoms with Gasteiger partial charge >= 0.3 is 0 Å². The van der Waals surface area contributed by atoms with E-state index in [1.54, 1.807) is 0 Å². The number of aryl methyl sites for hydroxylation is 2. The first-order chi connectivity index (χ1) is 16.3. The van der Waals surface area contributed by atoms with Crippen LogP contribution in [0.3, 0.4) is 0 Å². The van der Waals surface area contributed by atoms with Gasteiger partial charge in [0, 0.05) is 31.2 Å². The number of hydrogen-bond acceptors (Lipinski definition) is 4. The van der Waals surface area contributed by atoms with E-state index in [1.165, 1.54) is 16.7 Å². The fourth-order valence-corrected chi connectivity index (χ4v) is 5.77. The summed E-state index contributed by atoms with van der Waals surface area (Å²) in [5.74, 6) is 1.56. The first-order valence-corrected chi connectivity index (χ1v) is 12.6. The van der Waals surface area contributed by atoms with Crippen LogP contribution < -0.4 is 5.32 Å². The molecule has 0 saturated carbocycles. The van der Waals surface area contributed by atoms with Crippen LogP contribution in [0.15, 0.2) is 36.4 Å². The number of aromatic nitrogens is 2. The molecule has 0 unspecified atom stereocenters. The highest BCUT2D eigenvalue weighted by molar-refractivity contribution is 5.92. The van der Waals surface area contributed by atoms with Crippen molar-refractivity contribution in [1.29, 1.82) is 0 Å². The number of fused-ring (bicyclic) bond motifs is 2. The lowest BCUT2D eigenvalue weighted by Crippen LogP contribution is -2.46. The van der Waals surface area contributed by atoms with Crippen molar-refractivity contribution in [1.82, 2.24) is 14.5 Å². The van der Waals surface area contributed by atoms with Crippen LogP contribution in [0.1, 0.15) is 48.8 Å². The number of hydrogen-bond donors (Lipinski definition) is 2. The minimum atomic E-state index is -0.409. The van der Waals surface area contributed by atoms with Crippen LogP contribution in [0.25, 0.3) is 11.0 Å². The van der Waals surface area contributed by atoms with E-state index in [0.717, 1.165) is 54.9 Å². The first-order valence-electron chi connectivity index (χ1n) is 12.6. The molecule has 1 saturated heterocycles. The van der Waals surface area contributed by atoms with Gasteiger partial charge < -0.3 is 19.9 Å². The van der Waals surface area contributed by atoms with Gasteiger partial charge in [-0.1, -0.05) is 26.0 Å². The van der Waals surface area contributed by atoms with E-state index in [4.69, 9.17) is 4.98 Å². The summed E-state index contributed by atoms with van der Waals surface area (Å²) < 4.78 is 2.25. The van der Waals surface area contributed by atoms with E-state index in [2.05, 4.69) is 52.0 Å². The fourth-order valence-electron chi connectivity index (χ4n) is 5.77. The second-order valence-corrected chi connectivity index (χ2v) is 10.6. The smallest absolute Gasteiger partial charge is 0.226 e. The molecule has 5 rings (SSSR count). The van der Waals surface area contributed by atoms with Gasteiger partial charge in [0.2, 0.25) is 5.91 Å². The highest BCUT2D eigenvalue weighted by atomic mass is 16.3. The van der Waals surface area contributed by atoms with Gasteiger partial charge in [0.25, 0.3) is 0 Å². The number of nitrogens with one attached hydrogen (secondary N) is 1. The quantitative estimate of drug-likeness (QED) is 0.597. The lowest BCUT2D eigenvalue weighted by atomic mass is 9.98. The molecule has 2 heterocycles. The van der Waals surface area contributed by atoms with Crippen molar-refractivity contribution in [2.45, 2.75) is 59.1 Å². The van der Waals surface area contributed by atoms with Crippen LogP contribution in [-0.2, 0) is 17.6 Å². The molecule has 6 heteroatoms. The number of piperidine rings is 1. The summed E-state index contributed by atoms with van der Waals surface area (Å²) in [5.41, 5.74) is 6.97. The highest BCUT2D eigenvalue weighted by Crippen LogP contribution is 2.33. The molecule has 6 nitrogen and oxygen atoms in total. The van der Waals surface area contributed by atoms with Crippen molar-refractivity contribution < 1.29 is 9.90 Å². The van der Waals surface area contributed by atoms with Gasteiger partial charge in [-0.2, -0.15) is 0 Å². The summed E-state index contributed by atoms with van der Waals surface area (Å²) in [5, 5.41) is 14.2. The molecular formula is C28H36N4O2. The Kier molecular flexibility index (Phi) is 6.21. The summed E-state index contributed by atoms with van der Waals surface area (Å²) in [7, 11) is 0. The number of β-amino-alcohol motifs (C(OH)–C–C–N with tert-alkyl or cyclic N) is 1. The van der Waals surface area contributed by atoms with Gasteiger partial charge in [-0.25, -0.2) is 4.98 Å². The third-order valence-corrected chi connectivity index (χ3v) is 7.52. The first kappa shape index (κ1) is 23.1. The number of amides is 1. The van der Waals surface area contributed by atoms with Crippen molar-refractivity contribution in [3.8, 4) is 0 Å². The molecule has 1 amide bonds. The van der Waals surface area contributed by atoms with Crippen LogP contribution in [0, 0.1) is 25.7 Å². The number of carbonyl (C=O) groups excluding carboxylic acids is 1. The summed E-state index contributed by atoms with van der Waals surface area (Å²) in [6, 6.07) is 12.8. The molecule has 0 radical (unpaired) electrons. The van der Waals surface area contributed by atoms with Gasteiger partial charge in [0.05, 0.1) is 23.2 Å². The molecule has 34 heavy (non-hydrogen) atoms. The molecule has 2 aromatic carbocycles. The van der Waals surface area contributed by atoms with Gasteiger partial charge in [-0.3, -0.25) is 4.79 Å². The zero-order valence-corrected chi connectivity index (χ0v) is 20.7. The summed E-state index contributed by atoms with van der Waals surface area (Å²) in [4.78, 5) is 19.2. The number of aliphatic hydroxyl groups excluding tert-OH is 1. The Morgan fingerprint density at radius 3 is 2.71 bits per heavy atom. The second kappa shape index (κ2) is 9.16. The summed E-state index contributed by atoms with van der Waals surface area (Å²) >= 11 is 0. The maximum atomic E-state index is 12.0. The van der Waals surface area contributed by atoms with Crippen LogP contribution in [-0.4, -0.2) is 51.2 Å². The van der Waals surface area contributed by atoms with E-state index < -0.39 is 6.10 Å². The minimum absolute atomic E-state index is 0.0245. The van der Waals surface area contributed by atoms with Crippen LogP contribution in [0.4, 0.5) is 5.69 Å². The highest BCUT2D eigenvalue weighted by Gasteiger charge is 2.33. The lowest BCUT2D eigenvalue weighted by molar-refractivity contribution is -0.118. The van der Waals surface area contributed by atoms with Crippen molar-refractivity contribution in [2.24, 2.45) is 11.8 Å². The van der Waals surface area contributed by atoms with Crippen LogP contribution in [0.2, 0.25) is 0 Å². The van der Waals surface area contributed by atoms with Crippen LogP contribution in [0.5, 0.6) is 0 Å². The average Bonchev–Trinajstić information content (AvgIpc) is 3.32. The Labute approximate surface area is 202 Å². The molecular weight excluding hydrogens is 424 g/mol. The number of rotatable bonds is 5. The zero-order chi connectivity index (χ0) is 24.0. The standard InChI is InChI=1S/C28H36N4O2/c1-17(2)28(34)30-23-7-6-21-12-20(13-22(21)14-23)15-31-10-9-26(27(33)16-31)32-19(4)29-24-11-18(3)5-8-25(24)32/h5-8,11,14,17,20,26-27,33H,9-10,12-13,15-16H2,1-4H3,(H,30,34)/t20-,26+,27+/m0/s1. The Bertz CT molecular complexity index is 1210. The molecule has 2 aliphatic rings. The molecule has 180 valence electrons. The van der Waals surface area contributed by atoms with E-state index in [9.17, 15) is 9.90 Å². The number of carbonyl (C=O) groups is 1. The topological polar surface area (TPSA) is 70.4 Å². The normalized spacial score (nSPS) is 22.9. The summed E-state index contributed by atoms with van der Waals surface area (Å²) in [6.45, 7) is 10.6. The molecule has 1 fully saturated rings. The number of anilines is 1. The molecule has 0 spiro atoms. The molecule has 0 bridgehead atoms. The predicted octanol–water partition coefficient (Wildman–Crippen LogP) is 4.27. The molecule has 1 aliphatic carbocycles. The van der Waals surface area contributed by atoms with Crippen LogP contribution >= 0.6 is 0 Å². The monoisotopic (exact) mass is 460 g/mol. The number of benzene rings is 2. The van der Waals surface area contributed by atoms with Gasteiger partial charge in [0.15, 0.2) is 0 Å². The van der Waals surface area contributed by atoms with E-state index in [1.807, 2.05) is 26.8 Å². The summed E-state index contributed by atoms with van der Waals surface area (Å²) in [6.07, 6.45) is 2.61. The van der Waals surface area contributed by atoms with Crippen molar-refractivity contribution in [3.05, 3.63) is 58.9 Å². The maximum absolute atomic E-state index is 12.0. The molecule has 1 aliphatic heterocycles. The average molecular weight is 461 g/mol. The Hall–Kier alpha value is -2.70. The largest absolute Gasteiger partial charge is 0.390 e. The minimum Gasteiger partial charge on any atom is -0.390 e. The van der Waals surface area contributed by atoms with E-state index in [0.29, 0.717) is 12.5 Å². The Morgan fingerprint density at radius 2 is 1.94 bits per heavy atom. The van der Waals surface area contributed by atoms with E-state index in [-0.39, 0.29) is 17.9 Å². The molecule has 2 N–H and O–H groups in total. The predicted molar refractivity (Wildman–Crippen MR) is 136 cm³/mol. The molecule has 1 aromatic heterocycles. The maximum Gasteiger partial charge on any atom is 0.226 e. The van der Waals surface area contributed by atoms with Crippen molar-refractivity contribution in [3.63, 3.8) is 0 Å². The van der Waals surface area contributed by atoms with Gasteiger partial charge in [-0.05, 0) is 80.0 Å². The second-order valence-electron chi connectivity index (χ2n) is 10.6. The Morgan fingerprint density at radius 1 is 1.15 bits per heavy atom.